The first kappa shape index (κ1) is 20.1. The standard InChI is InChI=1S/C26H23FN4O/c27-22-15-13-19(14-16-22)24-12-7-17-30(24)26(32)23-18-31(29-28-23)25(20-8-3-1-4-9-20)21-10-5-2-6-11-21/h1-6,8-11,13-16,18,24-25H,7,12,17H2/t24-/m0/s1. The molecule has 2 heterocycles. The third kappa shape index (κ3) is 3.91. The maximum absolute atomic E-state index is 13.4. The minimum absolute atomic E-state index is 0.0766. The lowest BCUT2D eigenvalue weighted by molar-refractivity contribution is 0.0729. The van der Waals surface area contributed by atoms with Crippen molar-refractivity contribution >= 4 is 5.91 Å². The number of halogens is 1. The maximum atomic E-state index is 13.4. The number of hydrogen-bond acceptors (Lipinski definition) is 3. The number of benzene rings is 3. The Bertz CT molecular complexity index is 1150. The van der Waals surface area contributed by atoms with Gasteiger partial charge >= 0.3 is 0 Å². The number of amides is 1. The van der Waals surface area contributed by atoms with E-state index in [1.54, 1.807) is 23.0 Å². The van der Waals surface area contributed by atoms with Crippen LogP contribution < -0.4 is 0 Å². The molecule has 5 nitrogen and oxygen atoms in total. The number of rotatable bonds is 5. The first-order valence-corrected chi connectivity index (χ1v) is 10.8. The second-order valence-electron chi connectivity index (χ2n) is 8.02. The van der Waals surface area contributed by atoms with Crippen molar-refractivity contribution in [1.82, 2.24) is 19.9 Å². The third-order valence-electron chi connectivity index (χ3n) is 5.99. The second kappa shape index (κ2) is 8.75. The average Bonchev–Trinajstić information content (AvgIpc) is 3.51. The Morgan fingerprint density at radius 3 is 2.16 bits per heavy atom. The van der Waals surface area contributed by atoms with Crippen LogP contribution in [0.1, 0.15) is 52.1 Å². The molecule has 1 fully saturated rings. The van der Waals surface area contributed by atoms with E-state index in [1.807, 2.05) is 65.6 Å². The highest BCUT2D eigenvalue weighted by Gasteiger charge is 2.32. The van der Waals surface area contributed by atoms with E-state index in [4.69, 9.17) is 0 Å². The molecule has 0 aliphatic carbocycles. The molecule has 32 heavy (non-hydrogen) atoms. The van der Waals surface area contributed by atoms with Gasteiger partial charge in [-0.05, 0) is 41.7 Å². The minimum atomic E-state index is -0.277. The van der Waals surface area contributed by atoms with Crippen molar-refractivity contribution in [1.29, 1.82) is 0 Å². The molecule has 4 aromatic rings. The summed E-state index contributed by atoms with van der Waals surface area (Å²) in [7, 11) is 0. The van der Waals surface area contributed by atoms with Crippen molar-refractivity contribution in [3.8, 4) is 0 Å². The summed E-state index contributed by atoms with van der Waals surface area (Å²) in [6.07, 6.45) is 3.48. The Labute approximate surface area is 186 Å². The first-order valence-electron chi connectivity index (χ1n) is 10.8. The molecule has 1 aromatic heterocycles. The van der Waals surface area contributed by atoms with Gasteiger partial charge in [0, 0.05) is 6.54 Å². The van der Waals surface area contributed by atoms with Crippen molar-refractivity contribution < 1.29 is 9.18 Å². The molecule has 1 saturated heterocycles. The predicted molar refractivity (Wildman–Crippen MR) is 120 cm³/mol. The van der Waals surface area contributed by atoms with Crippen molar-refractivity contribution in [3.05, 3.63) is 119 Å². The van der Waals surface area contributed by atoms with Crippen molar-refractivity contribution in [2.45, 2.75) is 24.9 Å². The van der Waals surface area contributed by atoms with Gasteiger partial charge < -0.3 is 4.90 Å². The lowest BCUT2D eigenvalue weighted by Gasteiger charge is -2.24. The summed E-state index contributed by atoms with van der Waals surface area (Å²) in [6.45, 7) is 0.647. The largest absolute Gasteiger partial charge is 0.330 e. The molecule has 160 valence electrons. The van der Waals surface area contributed by atoms with E-state index in [9.17, 15) is 9.18 Å². The molecule has 6 heteroatoms. The van der Waals surface area contributed by atoms with Gasteiger partial charge in [-0.3, -0.25) is 4.79 Å². The highest BCUT2D eigenvalue weighted by molar-refractivity contribution is 5.92. The number of hydrogen-bond donors (Lipinski definition) is 0. The lowest BCUT2D eigenvalue weighted by Crippen LogP contribution is -2.30. The molecule has 0 radical (unpaired) electrons. The van der Waals surface area contributed by atoms with Gasteiger partial charge in [0.25, 0.3) is 5.91 Å². The van der Waals surface area contributed by atoms with Crippen LogP contribution >= 0.6 is 0 Å². The Balaban J connectivity index is 1.45. The van der Waals surface area contributed by atoms with Gasteiger partial charge in [0.05, 0.1) is 12.2 Å². The van der Waals surface area contributed by atoms with E-state index >= 15 is 0 Å². The summed E-state index contributed by atoms with van der Waals surface area (Å²) >= 11 is 0. The van der Waals surface area contributed by atoms with Gasteiger partial charge in [-0.25, -0.2) is 9.07 Å². The van der Waals surface area contributed by atoms with Crippen LogP contribution in [-0.2, 0) is 0 Å². The molecule has 5 rings (SSSR count). The number of carbonyl (C=O) groups is 1. The molecule has 0 N–H and O–H groups in total. The number of likely N-dealkylation sites (tertiary alicyclic amines) is 1. The van der Waals surface area contributed by atoms with E-state index in [-0.39, 0.29) is 23.8 Å². The summed E-state index contributed by atoms with van der Waals surface area (Å²) in [5, 5.41) is 8.58. The fourth-order valence-electron chi connectivity index (χ4n) is 4.46. The van der Waals surface area contributed by atoms with Crippen LogP contribution in [0.15, 0.2) is 91.1 Å². The van der Waals surface area contributed by atoms with Crippen molar-refractivity contribution in [3.63, 3.8) is 0 Å². The molecule has 1 amide bonds. The van der Waals surface area contributed by atoms with Crippen LogP contribution in [0, 0.1) is 5.82 Å². The molecule has 0 spiro atoms. The lowest BCUT2D eigenvalue weighted by atomic mass is 9.99. The molecular weight excluding hydrogens is 403 g/mol. The van der Waals surface area contributed by atoms with Crippen LogP contribution in [0.25, 0.3) is 0 Å². The number of aromatic nitrogens is 3. The highest BCUT2D eigenvalue weighted by Crippen LogP contribution is 2.33. The van der Waals surface area contributed by atoms with Crippen LogP contribution in [-0.4, -0.2) is 32.3 Å². The minimum Gasteiger partial charge on any atom is -0.330 e. The van der Waals surface area contributed by atoms with Gasteiger partial charge in [0.1, 0.15) is 11.9 Å². The van der Waals surface area contributed by atoms with Crippen LogP contribution in [0.5, 0.6) is 0 Å². The topological polar surface area (TPSA) is 51.0 Å². The Morgan fingerprint density at radius 2 is 1.53 bits per heavy atom. The monoisotopic (exact) mass is 426 g/mol. The molecule has 3 aromatic carbocycles. The average molecular weight is 426 g/mol. The number of carbonyl (C=O) groups excluding carboxylic acids is 1. The fraction of sp³-hybridized carbons (Fsp3) is 0.192. The second-order valence-corrected chi connectivity index (χ2v) is 8.02. The van der Waals surface area contributed by atoms with E-state index in [0.717, 1.165) is 29.5 Å². The van der Waals surface area contributed by atoms with Crippen LogP contribution in [0.3, 0.4) is 0 Å². The third-order valence-corrected chi connectivity index (χ3v) is 5.99. The zero-order chi connectivity index (χ0) is 21.9. The Morgan fingerprint density at radius 1 is 0.906 bits per heavy atom. The van der Waals surface area contributed by atoms with E-state index in [1.165, 1.54) is 12.1 Å². The molecule has 0 bridgehead atoms. The molecule has 1 atom stereocenters. The fourth-order valence-corrected chi connectivity index (χ4v) is 4.46. The van der Waals surface area contributed by atoms with Gasteiger partial charge in [0.2, 0.25) is 0 Å². The molecular formula is C26H23FN4O. The predicted octanol–water partition coefficient (Wildman–Crippen LogP) is 5.03. The Kier molecular flexibility index (Phi) is 5.50. The first-order chi connectivity index (χ1) is 15.7. The number of nitrogens with zero attached hydrogens (tertiary/aromatic N) is 4. The van der Waals surface area contributed by atoms with Gasteiger partial charge in [-0.1, -0.05) is 78.0 Å². The molecule has 0 saturated carbocycles. The Hall–Kier alpha value is -3.80. The zero-order valence-corrected chi connectivity index (χ0v) is 17.5. The van der Waals surface area contributed by atoms with Gasteiger partial charge in [-0.15, -0.1) is 5.10 Å². The molecule has 1 aliphatic rings. The zero-order valence-electron chi connectivity index (χ0n) is 17.5. The summed E-state index contributed by atoms with van der Waals surface area (Å²) in [5.41, 5.74) is 3.38. The van der Waals surface area contributed by atoms with Crippen molar-refractivity contribution in [2.75, 3.05) is 6.54 Å². The normalized spacial score (nSPS) is 15.9. The van der Waals surface area contributed by atoms with Crippen LogP contribution in [0.2, 0.25) is 0 Å². The molecule has 0 unspecified atom stereocenters. The summed E-state index contributed by atoms with van der Waals surface area (Å²) in [5.74, 6) is -0.427. The summed E-state index contributed by atoms with van der Waals surface area (Å²) in [6, 6.07) is 26.2. The van der Waals surface area contributed by atoms with E-state index in [0.29, 0.717) is 12.2 Å². The van der Waals surface area contributed by atoms with Gasteiger partial charge in [-0.2, -0.15) is 0 Å². The van der Waals surface area contributed by atoms with Gasteiger partial charge in [0.15, 0.2) is 5.69 Å². The van der Waals surface area contributed by atoms with Crippen LogP contribution in [0.4, 0.5) is 4.39 Å². The van der Waals surface area contributed by atoms with E-state index < -0.39 is 0 Å². The molecule has 1 aliphatic heterocycles. The summed E-state index contributed by atoms with van der Waals surface area (Å²) in [4.78, 5) is 15.2. The van der Waals surface area contributed by atoms with Crippen molar-refractivity contribution in [2.24, 2.45) is 0 Å². The smallest absolute Gasteiger partial charge is 0.276 e. The quantitative estimate of drug-likeness (QED) is 0.450. The maximum Gasteiger partial charge on any atom is 0.276 e. The summed E-state index contributed by atoms with van der Waals surface area (Å²) < 4.78 is 15.1. The van der Waals surface area contributed by atoms with E-state index in [2.05, 4.69) is 10.3 Å². The highest BCUT2D eigenvalue weighted by atomic mass is 19.1. The SMILES string of the molecule is O=C(c1cn(C(c2ccccc2)c2ccccc2)nn1)N1CCC[C@H]1c1ccc(F)cc1.